The van der Waals surface area contributed by atoms with Gasteiger partial charge in [0.15, 0.2) is 10.9 Å². The number of aromatic nitrogens is 3. The van der Waals surface area contributed by atoms with Crippen molar-refractivity contribution in [2.24, 2.45) is 0 Å². The number of carbonyl (C=O) groups excluding carboxylic acids is 2. The van der Waals surface area contributed by atoms with Crippen molar-refractivity contribution in [3.05, 3.63) is 100 Å². The van der Waals surface area contributed by atoms with Gasteiger partial charge in [0, 0.05) is 11.2 Å². The number of pyridine rings is 1. The Balaban J connectivity index is 1.61. The molecule has 178 valence electrons. The number of ketones is 1. The molecule has 36 heavy (non-hydrogen) atoms. The van der Waals surface area contributed by atoms with Crippen molar-refractivity contribution in [3.63, 3.8) is 0 Å². The molecule has 0 spiro atoms. The summed E-state index contributed by atoms with van der Waals surface area (Å²) in [5.41, 5.74) is 2.28. The van der Waals surface area contributed by atoms with E-state index in [2.05, 4.69) is 9.97 Å². The van der Waals surface area contributed by atoms with E-state index in [4.69, 9.17) is 11.6 Å². The van der Waals surface area contributed by atoms with E-state index in [1.54, 1.807) is 47.9 Å². The molecular weight excluding hydrogens is 503 g/mol. The number of Topliss-reactive ketones (excluding diaryl/α,β-unsaturated/α-hetero) is 1. The number of amides is 1. The number of nitrogens with zero attached hydrogens (tertiary/aromatic N) is 4. The van der Waals surface area contributed by atoms with Crippen LogP contribution in [0.1, 0.15) is 23.0 Å². The Morgan fingerprint density at radius 2 is 1.86 bits per heavy atom. The lowest BCUT2D eigenvalue weighted by atomic mass is 9.96. The van der Waals surface area contributed by atoms with E-state index in [1.165, 1.54) is 40.5 Å². The van der Waals surface area contributed by atoms with Gasteiger partial charge >= 0.3 is 5.91 Å². The van der Waals surface area contributed by atoms with Crippen LogP contribution in [0.2, 0.25) is 5.02 Å². The molecule has 1 aliphatic heterocycles. The molecule has 1 aliphatic rings. The van der Waals surface area contributed by atoms with Crippen LogP contribution < -0.4 is 4.90 Å². The number of rotatable bonds is 3. The van der Waals surface area contributed by atoms with Crippen LogP contribution in [-0.4, -0.2) is 31.2 Å². The van der Waals surface area contributed by atoms with E-state index in [-0.39, 0.29) is 16.5 Å². The smallest absolute Gasteiger partial charge is 0.301 e. The molecule has 10 heteroatoms. The molecule has 1 amide bonds. The van der Waals surface area contributed by atoms with Crippen molar-refractivity contribution < 1.29 is 19.1 Å². The van der Waals surface area contributed by atoms with Crippen molar-refractivity contribution in [2.75, 3.05) is 4.90 Å². The molecule has 7 nitrogen and oxygen atoms in total. The Hall–Kier alpha value is -4.08. The summed E-state index contributed by atoms with van der Waals surface area (Å²) >= 11 is 7.32. The van der Waals surface area contributed by atoms with Gasteiger partial charge < -0.3 is 5.11 Å². The third-order valence-electron chi connectivity index (χ3n) is 6.10. The summed E-state index contributed by atoms with van der Waals surface area (Å²) in [4.78, 5) is 37.1. The van der Waals surface area contributed by atoms with Crippen LogP contribution in [0, 0.1) is 12.7 Å². The first kappa shape index (κ1) is 22.4. The number of hydrogen-bond donors (Lipinski definition) is 1. The monoisotopic (exact) mass is 518 g/mol. The zero-order chi connectivity index (χ0) is 25.1. The first-order valence-electron chi connectivity index (χ1n) is 10.9. The molecule has 5 aromatic rings. The van der Waals surface area contributed by atoms with Gasteiger partial charge in [0.05, 0.1) is 27.5 Å². The molecule has 6 rings (SSSR count). The van der Waals surface area contributed by atoms with E-state index in [0.717, 1.165) is 4.70 Å². The SMILES string of the molecule is Cc1nc2ccccn2c1C(O)=C1C(=O)C(=O)N(c2nc3ccc(Cl)cc3s2)C1c1ccc(F)cc1. The van der Waals surface area contributed by atoms with Crippen LogP contribution in [-0.2, 0) is 9.59 Å². The number of aliphatic hydroxyl groups excluding tert-OH is 1. The van der Waals surface area contributed by atoms with Crippen LogP contribution in [0.3, 0.4) is 0 Å². The number of carbonyl (C=O) groups is 2. The standard InChI is InChI=1S/C26H16ClFN4O3S/c1-13-21(31-11-3-2-4-19(31)29-13)23(33)20-22(14-5-8-16(28)9-6-14)32(25(35)24(20)34)26-30-17-10-7-15(27)12-18(17)36-26/h2-12,22,33H,1H3. The number of benzene rings is 2. The van der Waals surface area contributed by atoms with Gasteiger partial charge in [-0.3, -0.25) is 18.9 Å². The molecule has 0 aliphatic carbocycles. The number of hydrogen-bond acceptors (Lipinski definition) is 6. The number of halogens is 2. The Morgan fingerprint density at radius 1 is 1.08 bits per heavy atom. The average Bonchev–Trinajstić information content (AvgIpc) is 3.50. The summed E-state index contributed by atoms with van der Waals surface area (Å²) in [5.74, 6) is -2.56. The fourth-order valence-corrected chi connectivity index (χ4v) is 5.77. The summed E-state index contributed by atoms with van der Waals surface area (Å²) in [6, 6.07) is 14.9. The lowest BCUT2D eigenvalue weighted by Gasteiger charge is -2.23. The molecular formula is C26H16ClFN4O3S. The van der Waals surface area contributed by atoms with Crippen LogP contribution in [0.5, 0.6) is 0 Å². The van der Waals surface area contributed by atoms with Gasteiger partial charge in [-0.25, -0.2) is 14.4 Å². The first-order valence-corrected chi connectivity index (χ1v) is 12.1. The second-order valence-electron chi connectivity index (χ2n) is 8.30. The van der Waals surface area contributed by atoms with Gasteiger partial charge in [-0.2, -0.15) is 0 Å². The Labute approximate surface area is 212 Å². The maximum Gasteiger partial charge on any atom is 0.301 e. The van der Waals surface area contributed by atoms with Crippen molar-refractivity contribution in [3.8, 4) is 0 Å². The Kier molecular flexibility index (Phi) is 5.13. The minimum absolute atomic E-state index is 0.127. The van der Waals surface area contributed by atoms with Crippen LogP contribution in [0.25, 0.3) is 21.6 Å². The Morgan fingerprint density at radius 3 is 2.64 bits per heavy atom. The molecule has 1 fully saturated rings. The summed E-state index contributed by atoms with van der Waals surface area (Å²) < 4.78 is 16.2. The highest BCUT2D eigenvalue weighted by molar-refractivity contribution is 7.22. The predicted octanol–water partition coefficient (Wildman–Crippen LogP) is 5.67. The third-order valence-corrected chi connectivity index (χ3v) is 7.36. The molecule has 0 saturated carbocycles. The van der Waals surface area contributed by atoms with E-state index in [9.17, 15) is 19.1 Å². The highest BCUT2D eigenvalue weighted by Crippen LogP contribution is 2.44. The summed E-state index contributed by atoms with van der Waals surface area (Å²) in [7, 11) is 0. The van der Waals surface area contributed by atoms with Crippen LogP contribution in [0.15, 0.2) is 72.4 Å². The normalized spacial score (nSPS) is 17.5. The molecule has 1 atom stereocenters. The second kappa shape index (κ2) is 8.25. The van der Waals surface area contributed by atoms with Crippen molar-refractivity contribution in [1.82, 2.24) is 14.4 Å². The Bertz CT molecular complexity index is 1740. The molecule has 1 unspecified atom stereocenters. The van der Waals surface area contributed by atoms with Gasteiger partial charge in [0.2, 0.25) is 0 Å². The molecule has 1 N–H and O–H groups in total. The second-order valence-corrected chi connectivity index (χ2v) is 9.75. The fourth-order valence-electron chi connectivity index (χ4n) is 4.51. The zero-order valence-electron chi connectivity index (χ0n) is 18.6. The largest absolute Gasteiger partial charge is 0.505 e. The van der Waals surface area contributed by atoms with E-state index in [1.807, 2.05) is 6.07 Å². The molecule has 3 aromatic heterocycles. The van der Waals surface area contributed by atoms with E-state index >= 15 is 0 Å². The number of thiazole rings is 1. The van der Waals surface area contributed by atoms with Gasteiger partial charge in [0.25, 0.3) is 5.78 Å². The van der Waals surface area contributed by atoms with Crippen LogP contribution in [0.4, 0.5) is 9.52 Å². The highest BCUT2D eigenvalue weighted by Gasteiger charge is 2.48. The topological polar surface area (TPSA) is 87.8 Å². The van der Waals surface area contributed by atoms with Gasteiger partial charge in [-0.1, -0.05) is 41.1 Å². The first-order chi connectivity index (χ1) is 17.3. The molecule has 0 radical (unpaired) electrons. The summed E-state index contributed by atoms with van der Waals surface area (Å²) in [6.45, 7) is 1.71. The number of imidazole rings is 1. The third kappa shape index (κ3) is 3.39. The van der Waals surface area contributed by atoms with E-state index in [0.29, 0.717) is 33.1 Å². The quantitative estimate of drug-likeness (QED) is 0.189. The minimum Gasteiger partial charge on any atom is -0.505 e. The predicted molar refractivity (Wildman–Crippen MR) is 136 cm³/mol. The number of aliphatic hydroxyl groups is 1. The minimum atomic E-state index is -1.03. The lowest BCUT2D eigenvalue weighted by Crippen LogP contribution is -2.29. The molecule has 2 aromatic carbocycles. The highest BCUT2D eigenvalue weighted by atomic mass is 35.5. The van der Waals surface area contributed by atoms with Gasteiger partial charge in [-0.15, -0.1) is 0 Å². The molecule has 1 saturated heterocycles. The van der Waals surface area contributed by atoms with Crippen LogP contribution >= 0.6 is 22.9 Å². The molecule has 4 heterocycles. The lowest BCUT2D eigenvalue weighted by molar-refractivity contribution is -0.132. The average molecular weight is 519 g/mol. The van der Waals surface area contributed by atoms with Crippen molar-refractivity contribution >= 4 is 61.4 Å². The number of anilines is 1. The fraction of sp³-hybridized carbons (Fsp3) is 0.0769. The molecule has 0 bridgehead atoms. The zero-order valence-corrected chi connectivity index (χ0v) is 20.2. The van der Waals surface area contributed by atoms with Crippen molar-refractivity contribution in [1.29, 1.82) is 0 Å². The van der Waals surface area contributed by atoms with Gasteiger partial charge in [-0.05, 0) is 55.0 Å². The van der Waals surface area contributed by atoms with Crippen molar-refractivity contribution in [2.45, 2.75) is 13.0 Å². The summed E-state index contributed by atoms with van der Waals surface area (Å²) in [6.07, 6.45) is 1.71. The number of aryl methyl sites for hydroxylation is 1. The maximum atomic E-state index is 13.8. The number of fused-ring (bicyclic) bond motifs is 2. The van der Waals surface area contributed by atoms with E-state index < -0.39 is 23.5 Å². The maximum absolute atomic E-state index is 13.8. The summed E-state index contributed by atoms with van der Waals surface area (Å²) in [5, 5.41) is 12.3. The van der Waals surface area contributed by atoms with Gasteiger partial charge in [0.1, 0.15) is 17.2 Å².